The Balaban J connectivity index is 2.75. The van der Waals surface area contributed by atoms with Crippen LogP contribution in [0.25, 0.3) is 11.1 Å². The molecule has 0 spiro atoms. The maximum atomic E-state index is 5.90. The topological polar surface area (TPSA) is 0 Å². The molecule has 0 unspecified atom stereocenters. The summed E-state index contributed by atoms with van der Waals surface area (Å²) in [5.41, 5.74) is 2.27. The molecule has 0 aromatic rings. The Morgan fingerprint density at radius 2 is 1.50 bits per heavy atom. The van der Waals surface area contributed by atoms with Crippen LogP contribution < -0.4 is 0 Å². The van der Waals surface area contributed by atoms with Gasteiger partial charge in [-0.2, -0.15) is 0 Å². The monoisotopic (exact) mass is 196 g/mol. The van der Waals surface area contributed by atoms with Crippen LogP contribution in [0.2, 0.25) is 10.0 Å². The molecule has 0 N–H and O–H groups in total. The molecule has 0 amide bonds. The summed E-state index contributed by atoms with van der Waals surface area (Å²) in [5.74, 6) is 0. The maximum absolute atomic E-state index is 5.90. The molecule has 0 aliphatic heterocycles. The van der Waals surface area contributed by atoms with Gasteiger partial charge in [-0.3, -0.25) is 0 Å². The second-order valence-electron chi connectivity index (χ2n) is 2.61. The van der Waals surface area contributed by atoms with Gasteiger partial charge >= 0.3 is 0 Å². The number of hydrogen-bond donors (Lipinski definition) is 0. The SMILES string of the molecule is Clc1ccc2cccc-2cc1Cl. The third-order valence-corrected chi connectivity index (χ3v) is 2.54. The van der Waals surface area contributed by atoms with E-state index in [0.717, 1.165) is 11.1 Å². The van der Waals surface area contributed by atoms with Crippen LogP contribution in [-0.2, 0) is 0 Å². The molecule has 2 rings (SSSR count). The molecule has 2 aliphatic rings. The summed E-state index contributed by atoms with van der Waals surface area (Å²) in [6.07, 6.45) is 0. The Bertz CT molecular complexity index is 382. The van der Waals surface area contributed by atoms with Crippen LogP contribution in [-0.4, -0.2) is 0 Å². The minimum Gasteiger partial charge on any atom is -0.0827 e. The van der Waals surface area contributed by atoms with E-state index in [1.165, 1.54) is 0 Å². The molecule has 0 bridgehead atoms. The van der Waals surface area contributed by atoms with Gasteiger partial charge in [-0.15, -0.1) is 0 Å². The zero-order chi connectivity index (χ0) is 8.55. The molecule has 0 fully saturated rings. The third kappa shape index (κ3) is 1.28. The molecule has 2 heteroatoms. The van der Waals surface area contributed by atoms with E-state index in [2.05, 4.69) is 0 Å². The molecule has 0 radical (unpaired) electrons. The zero-order valence-electron chi connectivity index (χ0n) is 6.22. The van der Waals surface area contributed by atoms with Crippen LogP contribution in [0.4, 0.5) is 0 Å². The molecule has 2 aliphatic carbocycles. The van der Waals surface area contributed by atoms with E-state index in [9.17, 15) is 0 Å². The Morgan fingerprint density at radius 1 is 0.750 bits per heavy atom. The van der Waals surface area contributed by atoms with Crippen LogP contribution >= 0.6 is 23.2 Å². The van der Waals surface area contributed by atoms with E-state index < -0.39 is 0 Å². The highest BCUT2D eigenvalue weighted by Gasteiger charge is 2.01. The fraction of sp³-hybridized carbons (Fsp3) is 0. The van der Waals surface area contributed by atoms with Crippen molar-refractivity contribution in [3.05, 3.63) is 46.4 Å². The first-order valence-electron chi connectivity index (χ1n) is 3.61. The Hall–Kier alpha value is -0.720. The van der Waals surface area contributed by atoms with Crippen LogP contribution in [0, 0.1) is 0 Å². The summed E-state index contributed by atoms with van der Waals surface area (Å²) in [7, 11) is 0. The first kappa shape index (κ1) is 7.90. The van der Waals surface area contributed by atoms with Crippen molar-refractivity contribution in [3.8, 4) is 11.1 Å². The van der Waals surface area contributed by atoms with Gasteiger partial charge < -0.3 is 0 Å². The zero-order valence-corrected chi connectivity index (χ0v) is 7.73. The summed E-state index contributed by atoms with van der Waals surface area (Å²) < 4.78 is 0. The molecule has 0 atom stereocenters. The first-order valence-corrected chi connectivity index (χ1v) is 4.37. The van der Waals surface area contributed by atoms with Crippen LogP contribution in [0.5, 0.6) is 0 Å². The lowest BCUT2D eigenvalue weighted by Crippen LogP contribution is -1.61. The van der Waals surface area contributed by atoms with Gasteiger partial charge in [-0.1, -0.05) is 47.5 Å². The number of fused-ring (bicyclic) bond motifs is 1. The first-order chi connectivity index (χ1) is 5.77. The lowest BCUT2D eigenvalue weighted by atomic mass is 10.2. The maximum Gasteiger partial charge on any atom is 0.0598 e. The number of hydrogen-bond acceptors (Lipinski definition) is 0. The van der Waals surface area contributed by atoms with Crippen molar-refractivity contribution in [2.45, 2.75) is 0 Å². The van der Waals surface area contributed by atoms with E-state index in [-0.39, 0.29) is 0 Å². The number of rotatable bonds is 0. The van der Waals surface area contributed by atoms with Crippen molar-refractivity contribution >= 4 is 23.2 Å². The Morgan fingerprint density at radius 3 is 2.33 bits per heavy atom. The average Bonchev–Trinajstić information content (AvgIpc) is 2.43. The Labute approximate surface area is 81.1 Å². The quantitative estimate of drug-likeness (QED) is 0.596. The van der Waals surface area contributed by atoms with Crippen molar-refractivity contribution < 1.29 is 0 Å². The summed E-state index contributed by atoms with van der Waals surface area (Å²) in [4.78, 5) is 0. The second-order valence-corrected chi connectivity index (χ2v) is 3.42. The van der Waals surface area contributed by atoms with Crippen molar-refractivity contribution in [1.29, 1.82) is 0 Å². The van der Waals surface area contributed by atoms with E-state index in [1.54, 1.807) is 0 Å². The van der Waals surface area contributed by atoms with E-state index in [1.807, 2.05) is 36.4 Å². The van der Waals surface area contributed by atoms with Crippen LogP contribution in [0.3, 0.4) is 0 Å². The highest BCUT2D eigenvalue weighted by molar-refractivity contribution is 6.42. The van der Waals surface area contributed by atoms with Gasteiger partial charge in [-0.05, 0) is 23.3 Å². The van der Waals surface area contributed by atoms with E-state index in [4.69, 9.17) is 23.2 Å². The highest BCUT2D eigenvalue weighted by Crippen LogP contribution is 2.29. The van der Waals surface area contributed by atoms with Gasteiger partial charge in [0.15, 0.2) is 0 Å². The van der Waals surface area contributed by atoms with Gasteiger partial charge in [0.25, 0.3) is 0 Å². The number of halogens is 2. The standard InChI is InChI=1S/C10H6Cl2/c11-9-5-4-7-2-1-3-8(7)6-10(9)12/h1-6H. The molecule has 12 heavy (non-hydrogen) atoms. The molecular formula is C10H6Cl2. The molecule has 60 valence electrons. The molecular weight excluding hydrogens is 191 g/mol. The molecule has 0 aromatic carbocycles. The summed E-state index contributed by atoms with van der Waals surface area (Å²) >= 11 is 11.7. The van der Waals surface area contributed by atoms with Crippen molar-refractivity contribution in [3.63, 3.8) is 0 Å². The van der Waals surface area contributed by atoms with Gasteiger partial charge in [0.05, 0.1) is 10.0 Å². The minimum absolute atomic E-state index is 0.591. The smallest absolute Gasteiger partial charge is 0.0598 e. The van der Waals surface area contributed by atoms with Crippen LogP contribution in [0.1, 0.15) is 0 Å². The predicted molar refractivity (Wildman–Crippen MR) is 53.1 cm³/mol. The second kappa shape index (κ2) is 2.96. The van der Waals surface area contributed by atoms with Gasteiger partial charge in [0.1, 0.15) is 0 Å². The average molecular weight is 197 g/mol. The molecule has 0 saturated heterocycles. The lowest BCUT2D eigenvalue weighted by molar-refractivity contribution is 1.84. The molecule has 0 saturated carbocycles. The fourth-order valence-electron chi connectivity index (χ4n) is 1.18. The fourth-order valence-corrected chi connectivity index (χ4v) is 1.48. The van der Waals surface area contributed by atoms with Gasteiger partial charge in [-0.25, -0.2) is 0 Å². The van der Waals surface area contributed by atoms with Gasteiger partial charge in [0.2, 0.25) is 0 Å². The van der Waals surface area contributed by atoms with Gasteiger partial charge in [0, 0.05) is 0 Å². The van der Waals surface area contributed by atoms with Crippen molar-refractivity contribution in [1.82, 2.24) is 0 Å². The Kier molecular flexibility index (Phi) is 1.95. The highest BCUT2D eigenvalue weighted by atomic mass is 35.5. The van der Waals surface area contributed by atoms with Crippen molar-refractivity contribution in [2.75, 3.05) is 0 Å². The molecule has 0 aromatic heterocycles. The lowest BCUT2D eigenvalue weighted by Gasteiger charge is -1.88. The van der Waals surface area contributed by atoms with Crippen molar-refractivity contribution in [2.24, 2.45) is 0 Å². The minimum atomic E-state index is 0.591. The van der Waals surface area contributed by atoms with Crippen LogP contribution in [0.15, 0.2) is 36.4 Å². The molecule has 0 nitrogen and oxygen atoms in total. The third-order valence-electron chi connectivity index (χ3n) is 1.80. The normalized spacial score (nSPS) is 10.5. The molecule has 0 heterocycles. The largest absolute Gasteiger partial charge is 0.0827 e. The predicted octanol–water partition coefficient (Wildman–Crippen LogP) is 4.10. The summed E-state index contributed by atoms with van der Waals surface area (Å²) in [5, 5.41) is 1.19. The van der Waals surface area contributed by atoms with E-state index >= 15 is 0 Å². The summed E-state index contributed by atoms with van der Waals surface area (Å²) in [6, 6.07) is 11.7. The van der Waals surface area contributed by atoms with E-state index in [0.29, 0.717) is 10.0 Å². The summed E-state index contributed by atoms with van der Waals surface area (Å²) in [6.45, 7) is 0.